The summed E-state index contributed by atoms with van der Waals surface area (Å²) in [5.74, 6) is 1.86. The van der Waals surface area contributed by atoms with Crippen LogP contribution in [0.1, 0.15) is 36.6 Å². The lowest BCUT2D eigenvalue weighted by molar-refractivity contribution is -0.118. The lowest BCUT2D eigenvalue weighted by Crippen LogP contribution is -2.15. The number of carbonyl (C=O) groups is 1. The van der Waals surface area contributed by atoms with E-state index < -0.39 is 0 Å². The van der Waals surface area contributed by atoms with Crippen molar-refractivity contribution in [1.82, 2.24) is 19.7 Å². The van der Waals surface area contributed by atoms with Crippen LogP contribution in [0.5, 0.6) is 0 Å². The van der Waals surface area contributed by atoms with Crippen molar-refractivity contribution < 1.29 is 4.79 Å². The van der Waals surface area contributed by atoms with Gasteiger partial charge in [0.1, 0.15) is 11.0 Å². The molecule has 0 aliphatic heterocycles. The Kier molecular flexibility index (Phi) is 4.63. The molecule has 0 saturated heterocycles. The molecule has 2 N–H and O–H groups in total. The van der Waals surface area contributed by atoms with Crippen molar-refractivity contribution >= 4 is 29.3 Å². The summed E-state index contributed by atoms with van der Waals surface area (Å²) in [5.41, 5.74) is 6.32. The molecule has 2 aromatic heterocycles. The van der Waals surface area contributed by atoms with E-state index in [0.717, 1.165) is 35.1 Å². The lowest BCUT2D eigenvalue weighted by Gasteiger charge is -2.08. The predicted molar refractivity (Wildman–Crippen MR) is 84.6 cm³/mol. The van der Waals surface area contributed by atoms with Crippen molar-refractivity contribution in [2.45, 2.75) is 42.6 Å². The van der Waals surface area contributed by atoms with Gasteiger partial charge in [0.2, 0.25) is 5.91 Å². The first-order valence-corrected chi connectivity index (χ1v) is 8.44. The third kappa shape index (κ3) is 3.78. The Bertz CT molecular complexity index is 668. The summed E-state index contributed by atoms with van der Waals surface area (Å²) < 4.78 is 2.02. The van der Waals surface area contributed by atoms with Crippen molar-refractivity contribution in [3.8, 4) is 0 Å². The molecule has 2 heterocycles. The van der Waals surface area contributed by atoms with Crippen LogP contribution >= 0.6 is 23.4 Å². The summed E-state index contributed by atoms with van der Waals surface area (Å²) in [4.78, 5) is 15.1. The number of halogens is 1. The number of nitrogens with two attached hydrogens (primary N) is 1. The first kappa shape index (κ1) is 15.3. The second-order valence-corrected chi connectivity index (χ2v) is 6.59. The number of carbonyl (C=O) groups excluding carboxylic acids is 1. The normalized spacial score (nSPS) is 14.2. The van der Waals surface area contributed by atoms with E-state index in [0.29, 0.717) is 24.0 Å². The molecule has 1 aliphatic carbocycles. The minimum atomic E-state index is -0.312. The Morgan fingerprint density at radius 1 is 1.41 bits per heavy atom. The summed E-state index contributed by atoms with van der Waals surface area (Å²) >= 11 is 7.36. The topological polar surface area (TPSA) is 86.7 Å². The fourth-order valence-corrected chi connectivity index (χ4v) is 3.14. The monoisotopic (exact) mass is 337 g/mol. The van der Waals surface area contributed by atoms with Crippen LogP contribution in [0.3, 0.4) is 0 Å². The molecule has 1 saturated carbocycles. The zero-order chi connectivity index (χ0) is 15.5. The van der Waals surface area contributed by atoms with E-state index in [-0.39, 0.29) is 5.91 Å². The van der Waals surface area contributed by atoms with Gasteiger partial charge in [-0.1, -0.05) is 29.4 Å². The van der Waals surface area contributed by atoms with E-state index in [1.807, 2.05) is 10.6 Å². The van der Waals surface area contributed by atoms with Crippen LogP contribution in [0, 0.1) is 0 Å². The average Bonchev–Trinajstić information content (AvgIpc) is 3.26. The van der Waals surface area contributed by atoms with Gasteiger partial charge < -0.3 is 10.3 Å². The molecule has 0 unspecified atom stereocenters. The third-order valence-electron chi connectivity index (χ3n) is 3.43. The van der Waals surface area contributed by atoms with Crippen LogP contribution in [0.4, 0.5) is 0 Å². The van der Waals surface area contributed by atoms with Gasteiger partial charge in [-0.15, -0.1) is 10.2 Å². The summed E-state index contributed by atoms with van der Waals surface area (Å²) in [6, 6.07) is 3.71. The Morgan fingerprint density at radius 3 is 2.86 bits per heavy atom. The van der Waals surface area contributed by atoms with E-state index in [1.165, 1.54) is 0 Å². The number of pyridine rings is 1. The Hall–Kier alpha value is -1.60. The van der Waals surface area contributed by atoms with E-state index in [1.54, 1.807) is 24.0 Å². The number of thioether (sulfide) groups is 1. The smallest absolute Gasteiger partial charge is 0.219 e. The highest BCUT2D eigenvalue weighted by Crippen LogP contribution is 2.40. The van der Waals surface area contributed by atoms with Crippen LogP contribution in [0.15, 0.2) is 23.5 Å². The predicted octanol–water partition coefficient (Wildman–Crippen LogP) is 2.37. The summed E-state index contributed by atoms with van der Waals surface area (Å²) in [5, 5.41) is 9.85. The molecule has 0 spiro atoms. The second kappa shape index (κ2) is 6.66. The van der Waals surface area contributed by atoms with Crippen molar-refractivity contribution in [1.29, 1.82) is 0 Å². The van der Waals surface area contributed by atoms with E-state index in [9.17, 15) is 4.79 Å². The standard InChI is InChI=1S/C14H16ClN5OS/c15-11-4-1-9(7-17-11)8-22-14-19-18-13(10-2-3-10)20(14)6-5-12(16)21/h1,4,7,10H,2-3,5-6,8H2,(H2,16,21). The largest absolute Gasteiger partial charge is 0.370 e. The molecule has 6 nitrogen and oxygen atoms in total. The molecular weight excluding hydrogens is 322 g/mol. The van der Waals surface area contributed by atoms with Crippen molar-refractivity contribution in [3.63, 3.8) is 0 Å². The lowest BCUT2D eigenvalue weighted by atomic mass is 10.3. The van der Waals surface area contributed by atoms with Gasteiger partial charge >= 0.3 is 0 Å². The molecule has 8 heteroatoms. The molecule has 116 valence electrons. The average molecular weight is 338 g/mol. The van der Waals surface area contributed by atoms with Gasteiger partial charge in [-0.2, -0.15) is 0 Å². The minimum Gasteiger partial charge on any atom is -0.370 e. The molecule has 0 aromatic carbocycles. The van der Waals surface area contributed by atoms with Gasteiger partial charge in [-0.3, -0.25) is 4.79 Å². The van der Waals surface area contributed by atoms with Crippen molar-refractivity contribution in [2.24, 2.45) is 5.73 Å². The Morgan fingerprint density at radius 2 is 2.23 bits per heavy atom. The summed E-state index contributed by atoms with van der Waals surface area (Å²) in [6.45, 7) is 0.537. The number of hydrogen-bond donors (Lipinski definition) is 1. The molecule has 3 rings (SSSR count). The third-order valence-corrected chi connectivity index (χ3v) is 4.69. The molecule has 1 amide bonds. The van der Waals surface area contributed by atoms with Gasteiger partial charge in [0.25, 0.3) is 0 Å². The van der Waals surface area contributed by atoms with Crippen LogP contribution in [0.25, 0.3) is 0 Å². The number of primary amides is 1. The fraction of sp³-hybridized carbons (Fsp3) is 0.429. The highest BCUT2D eigenvalue weighted by molar-refractivity contribution is 7.98. The molecule has 1 aliphatic rings. The van der Waals surface area contributed by atoms with Gasteiger partial charge in [0.05, 0.1) is 0 Å². The van der Waals surface area contributed by atoms with Gasteiger partial charge in [0.15, 0.2) is 5.16 Å². The molecule has 1 fully saturated rings. The summed E-state index contributed by atoms with van der Waals surface area (Å²) in [6.07, 6.45) is 4.33. The van der Waals surface area contributed by atoms with E-state index >= 15 is 0 Å². The van der Waals surface area contributed by atoms with E-state index in [2.05, 4.69) is 15.2 Å². The first-order valence-electron chi connectivity index (χ1n) is 7.08. The maximum atomic E-state index is 11.1. The first-order chi connectivity index (χ1) is 10.6. The zero-order valence-electron chi connectivity index (χ0n) is 11.9. The molecule has 0 bridgehead atoms. The Labute approximate surface area is 137 Å². The molecule has 22 heavy (non-hydrogen) atoms. The van der Waals surface area contributed by atoms with Crippen LogP contribution in [-0.4, -0.2) is 25.7 Å². The SMILES string of the molecule is NC(=O)CCn1c(SCc2ccc(Cl)nc2)nnc1C1CC1. The zero-order valence-corrected chi connectivity index (χ0v) is 13.5. The Balaban J connectivity index is 1.71. The maximum absolute atomic E-state index is 11.1. The van der Waals surface area contributed by atoms with Crippen LogP contribution < -0.4 is 5.73 Å². The van der Waals surface area contributed by atoms with Gasteiger partial charge in [0, 0.05) is 30.8 Å². The highest BCUT2D eigenvalue weighted by Gasteiger charge is 2.30. The van der Waals surface area contributed by atoms with Crippen LogP contribution in [-0.2, 0) is 17.1 Å². The molecule has 0 atom stereocenters. The second-order valence-electron chi connectivity index (χ2n) is 5.26. The maximum Gasteiger partial charge on any atom is 0.219 e. The number of nitrogens with zero attached hydrogens (tertiary/aromatic N) is 4. The minimum absolute atomic E-state index is 0.299. The number of aromatic nitrogens is 4. The van der Waals surface area contributed by atoms with E-state index in [4.69, 9.17) is 17.3 Å². The van der Waals surface area contributed by atoms with Crippen molar-refractivity contribution in [3.05, 3.63) is 34.9 Å². The molecular formula is C14H16ClN5OS. The van der Waals surface area contributed by atoms with Crippen molar-refractivity contribution in [2.75, 3.05) is 0 Å². The summed E-state index contributed by atoms with van der Waals surface area (Å²) in [7, 11) is 0. The number of amides is 1. The quantitative estimate of drug-likeness (QED) is 0.619. The van der Waals surface area contributed by atoms with Crippen LogP contribution in [0.2, 0.25) is 5.15 Å². The number of hydrogen-bond acceptors (Lipinski definition) is 5. The molecule has 2 aromatic rings. The van der Waals surface area contributed by atoms with Gasteiger partial charge in [-0.25, -0.2) is 4.98 Å². The van der Waals surface area contributed by atoms with Gasteiger partial charge in [-0.05, 0) is 24.5 Å². The number of rotatable bonds is 7. The fourth-order valence-electron chi connectivity index (χ4n) is 2.12. The molecule has 0 radical (unpaired) electrons. The highest BCUT2D eigenvalue weighted by atomic mass is 35.5.